The Bertz CT molecular complexity index is 464. The van der Waals surface area contributed by atoms with Gasteiger partial charge >= 0.3 is 0 Å². The quantitative estimate of drug-likeness (QED) is 0.853. The maximum absolute atomic E-state index is 5.74. The van der Waals surface area contributed by atoms with Gasteiger partial charge in [0.15, 0.2) is 5.11 Å². The monoisotopic (exact) mass is 306 g/mol. The lowest BCUT2D eigenvalue weighted by Gasteiger charge is -2.36. The van der Waals surface area contributed by atoms with E-state index in [2.05, 4.69) is 62.2 Å². The minimum absolute atomic E-state index is 0.223. The van der Waals surface area contributed by atoms with Crippen molar-refractivity contribution in [2.24, 2.45) is 0 Å². The van der Waals surface area contributed by atoms with Gasteiger partial charge in [-0.2, -0.15) is 0 Å². The zero-order valence-corrected chi connectivity index (χ0v) is 14.2. The smallest absolute Gasteiger partial charge is 0.173 e. The lowest BCUT2D eigenvalue weighted by molar-refractivity contribution is -0.0473. The summed E-state index contributed by atoms with van der Waals surface area (Å²) < 4.78 is 5.74. The van der Waals surface area contributed by atoms with Crippen molar-refractivity contribution in [3.8, 4) is 0 Å². The maximum atomic E-state index is 5.74. The van der Waals surface area contributed by atoms with Gasteiger partial charge in [0.2, 0.25) is 0 Å². The lowest BCUT2D eigenvalue weighted by atomic mass is 9.99. The molecule has 0 saturated carbocycles. The minimum Gasteiger partial charge on any atom is -0.372 e. The molecule has 1 aromatic rings. The normalized spacial score (nSPS) is 23.7. The van der Waals surface area contributed by atoms with E-state index in [1.165, 1.54) is 5.56 Å². The number of benzene rings is 1. The Kier molecular flexibility index (Phi) is 5.59. The van der Waals surface area contributed by atoms with Gasteiger partial charge in [0.1, 0.15) is 0 Å². The van der Waals surface area contributed by atoms with Crippen molar-refractivity contribution < 1.29 is 4.74 Å². The topological polar surface area (TPSA) is 24.5 Å². The predicted octanol–water partition coefficient (Wildman–Crippen LogP) is 4.01. The highest BCUT2D eigenvalue weighted by atomic mass is 32.1. The fraction of sp³-hybridized carbons (Fsp3) is 0.588. The zero-order valence-electron chi connectivity index (χ0n) is 13.4. The summed E-state index contributed by atoms with van der Waals surface area (Å²) in [6, 6.07) is 8.59. The van der Waals surface area contributed by atoms with E-state index >= 15 is 0 Å². The second-order valence-corrected chi connectivity index (χ2v) is 6.41. The highest BCUT2D eigenvalue weighted by Crippen LogP contribution is 2.21. The Morgan fingerprint density at radius 3 is 2.38 bits per heavy atom. The maximum Gasteiger partial charge on any atom is 0.173 e. The molecule has 0 radical (unpaired) electrons. The summed E-state index contributed by atoms with van der Waals surface area (Å²) in [5, 5.41) is 4.12. The fourth-order valence-corrected chi connectivity index (χ4v) is 2.94. The number of anilines is 1. The van der Waals surface area contributed by atoms with Crippen molar-refractivity contribution in [2.45, 2.75) is 52.2 Å². The van der Waals surface area contributed by atoms with Crippen molar-refractivity contribution in [1.82, 2.24) is 4.90 Å². The number of nitrogens with zero attached hydrogens (tertiary/aromatic N) is 1. The third kappa shape index (κ3) is 4.42. The molecule has 1 heterocycles. The van der Waals surface area contributed by atoms with Gasteiger partial charge in [-0.15, -0.1) is 0 Å². The predicted molar refractivity (Wildman–Crippen MR) is 93.0 cm³/mol. The van der Waals surface area contributed by atoms with Crippen molar-refractivity contribution in [3.05, 3.63) is 29.8 Å². The van der Waals surface area contributed by atoms with Crippen molar-refractivity contribution in [2.75, 3.05) is 18.4 Å². The van der Waals surface area contributed by atoms with Gasteiger partial charge in [-0.1, -0.05) is 26.0 Å². The average molecular weight is 306 g/mol. The van der Waals surface area contributed by atoms with Crippen LogP contribution in [0.5, 0.6) is 0 Å². The van der Waals surface area contributed by atoms with E-state index in [9.17, 15) is 0 Å². The second kappa shape index (κ2) is 7.23. The van der Waals surface area contributed by atoms with E-state index < -0.39 is 0 Å². The van der Waals surface area contributed by atoms with Crippen LogP contribution in [0.1, 0.15) is 45.6 Å². The number of thiocarbonyl (C=S) groups is 1. The molecule has 0 unspecified atom stereocenters. The molecule has 3 nitrogen and oxygen atoms in total. The molecule has 116 valence electrons. The highest BCUT2D eigenvalue weighted by Gasteiger charge is 2.23. The van der Waals surface area contributed by atoms with Crippen LogP contribution in [0.15, 0.2) is 24.3 Å². The molecule has 0 aliphatic carbocycles. The molecular formula is C17H26N2OS. The molecular weight excluding hydrogens is 280 g/mol. The van der Waals surface area contributed by atoms with E-state index in [0.717, 1.165) is 30.3 Å². The number of hydrogen-bond acceptors (Lipinski definition) is 2. The van der Waals surface area contributed by atoms with Crippen LogP contribution < -0.4 is 5.32 Å². The first-order valence-electron chi connectivity index (χ1n) is 7.81. The Morgan fingerprint density at radius 1 is 1.29 bits per heavy atom. The van der Waals surface area contributed by atoms with Gasteiger partial charge in [-0.05, 0) is 56.1 Å². The molecule has 1 N–H and O–H groups in total. The number of morpholine rings is 1. The Hall–Kier alpha value is -1.13. The Labute approximate surface area is 133 Å². The molecule has 4 heteroatoms. The van der Waals surface area contributed by atoms with Crippen LogP contribution in [0.4, 0.5) is 5.69 Å². The molecule has 1 aliphatic rings. The molecule has 3 atom stereocenters. The van der Waals surface area contributed by atoms with Crippen LogP contribution in [0.2, 0.25) is 0 Å². The van der Waals surface area contributed by atoms with Crippen molar-refractivity contribution in [3.63, 3.8) is 0 Å². The van der Waals surface area contributed by atoms with Crippen LogP contribution >= 0.6 is 12.2 Å². The van der Waals surface area contributed by atoms with E-state index in [1.54, 1.807) is 0 Å². The summed E-state index contributed by atoms with van der Waals surface area (Å²) in [5.41, 5.74) is 2.43. The minimum atomic E-state index is 0.223. The molecule has 2 rings (SSSR count). The standard InChI is InChI=1S/C17H26N2OS/c1-5-12(2)15-6-8-16(9-7-15)18-17(21)19-10-13(3)20-14(4)11-19/h6-9,12-14H,5,10-11H2,1-4H3,(H,18,21)/t12-,13+,14+/m1/s1. The molecule has 0 amide bonds. The first-order valence-corrected chi connectivity index (χ1v) is 8.21. The van der Waals surface area contributed by atoms with Gasteiger partial charge in [-0.3, -0.25) is 0 Å². The lowest BCUT2D eigenvalue weighted by Crippen LogP contribution is -2.49. The highest BCUT2D eigenvalue weighted by molar-refractivity contribution is 7.80. The molecule has 0 aromatic heterocycles. The van der Waals surface area contributed by atoms with Crippen molar-refractivity contribution in [1.29, 1.82) is 0 Å². The van der Waals surface area contributed by atoms with E-state index in [-0.39, 0.29) is 12.2 Å². The van der Waals surface area contributed by atoms with Gasteiger partial charge in [0, 0.05) is 18.8 Å². The Morgan fingerprint density at radius 2 is 1.86 bits per heavy atom. The second-order valence-electron chi connectivity index (χ2n) is 6.02. The van der Waals surface area contributed by atoms with E-state index in [4.69, 9.17) is 17.0 Å². The first kappa shape index (κ1) is 16.2. The van der Waals surface area contributed by atoms with Crippen LogP contribution in [0.25, 0.3) is 0 Å². The third-order valence-electron chi connectivity index (χ3n) is 4.05. The van der Waals surface area contributed by atoms with Crippen LogP contribution in [-0.2, 0) is 4.74 Å². The average Bonchev–Trinajstić information content (AvgIpc) is 2.46. The van der Waals surface area contributed by atoms with Gasteiger partial charge in [0.25, 0.3) is 0 Å². The molecule has 0 bridgehead atoms. The summed E-state index contributed by atoms with van der Waals surface area (Å²) in [6.45, 7) is 10.3. The third-order valence-corrected chi connectivity index (χ3v) is 4.41. The summed E-state index contributed by atoms with van der Waals surface area (Å²) in [7, 11) is 0. The largest absolute Gasteiger partial charge is 0.372 e. The summed E-state index contributed by atoms with van der Waals surface area (Å²) >= 11 is 5.53. The SMILES string of the molecule is CC[C@@H](C)c1ccc(NC(=S)N2C[C@H](C)O[C@@H](C)C2)cc1. The summed E-state index contributed by atoms with van der Waals surface area (Å²) in [6.07, 6.45) is 1.61. The number of ether oxygens (including phenoxy) is 1. The summed E-state index contributed by atoms with van der Waals surface area (Å²) in [4.78, 5) is 2.19. The number of nitrogens with one attached hydrogen (secondary N) is 1. The van der Waals surface area contributed by atoms with Crippen LogP contribution in [-0.4, -0.2) is 35.3 Å². The van der Waals surface area contributed by atoms with Gasteiger partial charge < -0.3 is 15.0 Å². The van der Waals surface area contributed by atoms with Crippen LogP contribution in [0.3, 0.4) is 0 Å². The first-order chi connectivity index (χ1) is 9.99. The molecule has 1 aromatic carbocycles. The van der Waals surface area contributed by atoms with Gasteiger partial charge in [0.05, 0.1) is 12.2 Å². The Balaban J connectivity index is 1.96. The molecule has 1 saturated heterocycles. The van der Waals surface area contributed by atoms with Crippen LogP contribution in [0, 0.1) is 0 Å². The van der Waals surface area contributed by atoms with Crippen molar-refractivity contribution >= 4 is 23.0 Å². The molecule has 1 aliphatic heterocycles. The molecule has 1 fully saturated rings. The van der Waals surface area contributed by atoms with E-state index in [0.29, 0.717) is 5.92 Å². The fourth-order valence-electron chi connectivity index (χ4n) is 2.68. The van der Waals surface area contributed by atoms with E-state index in [1.807, 2.05) is 0 Å². The number of hydrogen-bond donors (Lipinski definition) is 1. The van der Waals surface area contributed by atoms with Gasteiger partial charge in [-0.25, -0.2) is 0 Å². The summed E-state index contributed by atoms with van der Waals surface area (Å²) in [5.74, 6) is 0.604. The molecule has 0 spiro atoms. The number of rotatable bonds is 3. The zero-order chi connectivity index (χ0) is 15.4. The molecule has 21 heavy (non-hydrogen) atoms.